The second-order valence-electron chi connectivity index (χ2n) is 2.60. The molecule has 0 aliphatic rings. The molecule has 1 aromatic rings. The zero-order valence-electron chi connectivity index (χ0n) is 7.03. The summed E-state index contributed by atoms with van der Waals surface area (Å²) in [6.45, 7) is 2.81. The molecule has 0 fully saturated rings. The van der Waals surface area contributed by atoms with E-state index in [-0.39, 0.29) is 0 Å². The predicted octanol–water partition coefficient (Wildman–Crippen LogP) is 0.803. The number of nitrogens with one attached hydrogen (secondary N) is 1. The summed E-state index contributed by atoms with van der Waals surface area (Å²) in [5.74, 6) is 0. The Hall–Kier alpha value is -0.341. The molecule has 0 aliphatic heterocycles. The minimum atomic E-state index is 0.455. The van der Waals surface area contributed by atoms with Crippen LogP contribution in [0.15, 0.2) is 30.3 Å². The summed E-state index contributed by atoms with van der Waals surface area (Å²) in [6, 6.07) is 10.4. The Bertz CT molecular complexity index is 215. The molecule has 0 amide bonds. The number of hydroxylamine groups is 1. The first-order valence-electron chi connectivity index (χ1n) is 3.91. The molecule has 0 saturated carbocycles. The van der Waals surface area contributed by atoms with Crippen molar-refractivity contribution >= 4 is 19.4 Å². The zero-order chi connectivity index (χ0) is 8.81. The quantitative estimate of drug-likeness (QED) is 0.592. The molecular weight excluding hydrogens is 217 g/mol. The third kappa shape index (κ3) is 3.37. The molecule has 0 saturated heterocycles. The summed E-state index contributed by atoms with van der Waals surface area (Å²) in [5, 5.41) is 8.47. The van der Waals surface area contributed by atoms with Crippen LogP contribution in [0.25, 0.3) is 0 Å². The van der Waals surface area contributed by atoms with Crippen molar-refractivity contribution in [1.29, 1.82) is 0 Å². The molecule has 0 aromatic heterocycles. The zero-order valence-corrected chi connectivity index (χ0v) is 8.74. The van der Waals surface area contributed by atoms with Gasteiger partial charge in [0.25, 0.3) is 0 Å². The van der Waals surface area contributed by atoms with E-state index in [1.807, 2.05) is 6.07 Å². The Morgan fingerprint density at radius 2 is 2.08 bits per heavy atom. The summed E-state index contributed by atoms with van der Waals surface area (Å²) in [7, 11) is 0. The molecule has 1 atom stereocenters. The summed E-state index contributed by atoms with van der Waals surface area (Å²) in [4.78, 5) is 0.532. The van der Waals surface area contributed by atoms with Gasteiger partial charge in [-0.1, -0.05) is 0 Å². The van der Waals surface area contributed by atoms with Gasteiger partial charge in [0.15, 0.2) is 0 Å². The Morgan fingerprint density at radius 3 is 2.67 bits per heavy atom. The van der Waals surface area contributed by atoms with E-state index in [0.29, 0.717) is 26.3 Å². The Labute approximate surface area is 79.1 Å². The standard InChI is InChI=1S/C9H13NOSe/c1-8(7-10-11)12-9-5-3-2-4-6-9/h2-6,8,10-11H,7H2,1H3. The second kappa shape index (κ2) is 5.33. The van der Waals surface area contributed by atoms with Gasteiger partial charge in [0, 0.05) is 0 Å². The van der Waals surface area contributed by atoms with Crippen molar-refractivity contribution in [2.45, 2.75) is 11.7 Å². The average molecular weight is 230 g/mol. The molecule has 0 aliphatic carbocycles. The van der Waals surface area contributed by atoms with Gasteiger partial charge >= 0.3 is 78.7 Å². The molecule has 1 unspecified atom stereocenters. The molecule has 0 heterocycles. The molecule has 0 spiro atoms. The van der Waals surface area contributed by atoms with Crippen molar-refractivity contribution in [3.8, 4) is 0 Å². The monoisotopic (exact) mass is 231 g/mol. The van der Waals surface area contributed by atoms with E-state index in [1.165, 1.54) is 4.46 Å². The van der Waals surface area contributed by atoms with Crippen LogP contribution >= 0.6 is 0 Å². The number of hydrogen-bond acceptors (Lipinski definition) is 2. The van der Waals surface area contributed by atoms with Gasteiger partial charge in [-0.3, -0.25) is 0 Å². The Morgan fingerprint density at radius 1 is 1.42 bits per heavy atom. The van der Waals surface area contributed by atoms with Crippen LogP contribution in [0.1, 0.15) is 6.92 Å². The van der Waals surface area contributed by atoms with Gasteiger partial charge in [0.1, 0.15) is 0 Å². The van der Waals surface area contributed by atoms with Crippen molar-refractivity contribution in [3.05, 3.63) is 30.3 Å². The number of benzene rings is 1. The second-order valence-corrected chi connectivity index (χ2v) is 5.78. The number of rotatable bonds is 4. The average Bonchev–Trinajstić information content (AvgIpc) is 2.06. The van der Waals surface area contributed by atoms with E-state index in [0.717, 1.165) is 0 Å². The SMILES string of the molecule is CC(CNO)[Se]c1ccccc1. The van der Waals surface area contributed by atoms with Gasteiger partial charge in [0.2, 0.25) is 0 Å². The van der Waals surface area contributed by atoms with Crippen LogP contribution in [-0.2, 0) is 0 Å². The van der Waals surface area contributed by atoms with Gasteiger partial charge in [-0.05, 0) is 0 Å². The summed E-state index contributed by atoms with van der Waals surface area (Å²) in [6.07, 6.45) is 0. The molecule has 1 rings (SSSR count). The first kappa shape index (κ1) is 9.75. The maximum absolute atomic E-state index is 8.47. The van der Waals surface area contributed by atoms with Gasteiger partial charge < -0.3 is 0 Å². The molecule has 0 bridgehead atoms. The molecule has 2 nitrogen and oxygen atoms in total. The van der Waals surface area contributed by atoms with Crippen LogP contribution in [0.4, 0.5) is 0 Å². The van der Waals surface area contributed by atoms with Gasteiger partial charge in [-0.25, -0.2) is 0 Å². The fourth-order valence-electron chi connectivity index (χ4n) is 0.902. The third-order valence-electron chi connectivity index (χ3n) is 1.46. The fourth-order valence-corrected chi connectivity index (χ4v) is 2.87. The van der Waals surface area contributed by atoms with Gasteiger partial charge in [0.05, 0.1) is 0 Å². The van der Waals surface area contributed by atoms with Crippen molar-refractivity contribution in [3.63, 3.8) is 0 Å². The summed E-state index contributed by atoms with van der Waals surface area (Å²) >= 11 is 0.455. The predicted molar refractivity (Wildman–Crippen MR) is 51.0 cm³/mol. The molecule has 0 radical (unpaired) electrons. The third-order valence-corrected chi connectivity index (χ3v) is 3.80. The first-order chi connectivity index (χ1) is 5.83. The van der Waals surface area contributed by atoms with Gasteiger partial charge in [-0.15, -0.1) is 0 Å². The fraction of sp³-hybridized carbons (Fsp3) is 0.333. The summed E-state index contributed by atoms with van der Waals surface area (Å²) < 4.78 is 1.38. The van der Waals surface area contributed by atoms with Crippen LogP contribution in [-0.4, -0.2) is 26.7 Å². The van der Waals surface area contributed by atoms with E-state index < -0.39 is 0 Å². The summed E-state index contributed by atoms with van der Waals surface area (Å²) in [5.41, 5.74) is 2.20. The minimum absolute atomic E-state index is 0.455. The maximum atomic E-state index is 8.47. The molecule has 66 valence electrons. The first-order valence-corrected chi connectivity index (χ1v) is 5.76. The van der Waals surface area contributed by atoms with Crippen molar-refractivity contribution < 1.29 is 5.21 Å². The molecular formula is C9H13NOSe. The molecule has 3 heteroatoms. The van der Waals surface area contributed by atoms with Crippen LogP contribution < -0.4 is 9.94 Å². The topological polar surface area (TPSA) is 32.3 Å². The van der Waals surface area contributed by atoms with E-state index >= 15 is 0 Å². The molecule has 2 N–H and O–H groups in total. The normalized spacial score (nSPS) is 12.8. The van der Waals surface area contributed by atoms with E-state index in [1.54, 1.807) is 0 Å². The molecule has 1 aromatic carbocycles. The van der Waals surface area contributed by atoms with Crippen LogP contribution in [0, 0.1) is 0 Å². The number of hydrogen-bond donors (Lipinski definition) is 2. The van der Waals surface area contributed by atoms with Crippen LogP contribution in [0.5, 0.6) is 0 Å². The van der Waals surface area contributed by atoms with Gasteiger partial charge in [-0.2, -0.15) is 0 Å². The Balaban J connectivity index is 2.41. The van der Waals surface area contributed by atoms with E-state index in [9.17, 15) is 0 Å². The van der Waals surface area contributed by atoms with Crippen molar-refractivity contribution in [1.82, 2.24) is 5.48 Å². The van der Waals surface area contributed by atoms with Crippen LogP contribution in [0.2, 0.25) is 4.82 Å². The van der Waals surface area contributed by atoms with Crippen LogP contribution in [0.3, 0.4) is 0 Å². The Kier molecular flexibility index (Phi) is 4.33. The van der Waals surface area contributed by atoms with Crippen molar-refractivity contribution in [2.24, 2.45) is 0 Å². The molecule has 12 heavy (non-hydrogen) atoms. The van der Waals surface area contributed by atoms with E-state index in [2.05, 4.69) is 36.7 Å². The van der Waals surface area contributed by atoms with E-state index in [4.69, 9.17) is 5.21 Å². The van der Waals surface area contributed by atoms with Crippen molar-refractivity contribution in [2.75, 3.05) is 6.54 Å².